The predicted octanol–water partition coefficient (Wildman–Crippen LogP) is 1.43. The fourth-order valence-corrected chi connectivity index (χ4v) is 2.55. The Morgan fingerprint density at radius 1 is 1.39 bits per heavy atom. The van der Waals surface area contributed by atoms with Crippen LogP contribution in [0.2, 0.25) is 0 Å². The fraction of sp³-hybridized carbons (Fsp3) is 0.417. The SMILES string of the molecule is C[C@@H](NS(=O)(=O)N(C)CCC#N)c1ccccc1. The van der Waals surface area contributed by atoms with Crippen molar-refractivity contribution in [3.63, 3.8) is 0 Å². The van der Waals surface area contributed by atoms with E-state index in [1.807, 2.05) is 36.4 Å². The van der Waals surface area contributed by atoms with Gasteiger partial charge in [0.05, 0.1) is 6.07 Å². The Labute approximate surface area is 108 Å². The Hall–Kier alpha value is -1.42. The normalized spacial score (nSPS) is 13.2. The van der Waals surface area contributed by atoms with Gasteiger partial charge in [-0.05, 0) is 12.5 Å². The Morgan fingerprint density at radius 2 is 2.00 bits per heavy atom. The molecule has 0 saturated heterocycles. The van der Waals surface area contributed by atoms with E-state index in [0.717, 1.165) is 9.87 Å². The maximum absolute atomic E-state index is 11.9. The van der Waals surface area contributed by atoms with Crippen molar-refractivity contribution in [2.24, 2.45) is 0 Å². The molecule has 1 N–H and O–H groups in total. The van der Waals surface area contributed by atoms with Gasteiger partial charge in [0.15, 0.2) is 0 Å². The summed E-state index contributed by atoms with van der Waals surface area (Å²) in [5.41, 5.74) is 0.898. The second-order valence-corrected chi connectivity index (χ2v) is 5.79. The summed E-state index contributed by atoms with van der Waals surface area (Å²) < 4.78 is 27.6. The number of nitrogens with zero attached hydrogens (tertiary/aromatic N) is 2. The summed E-state index contributed by atoms with van der Waals surface area (Å²) in [7, 11) is -2.09. The molecule has 18 heavy (non-hydrogen) atoms. The zero-order valence-electron chi connectivity index (χ0n) is 10.5. The lowest BCUT2D eigenvalue weighted by Crippen LogP contribution is -2.39. The standard InChI is InChI=1S/C12H17N3O2S/c1-11(12-7-4-3-5-8-12)14-18(16,17)15(2)10-6-9-13/h3-5,7-8,11,14H,6,10H2,1-2H3/t11-/m1/s1. The van der Waals surface area contributed by atoms with Gasteiger partial charge < -0.3 is 0 Å². The summed E-state index contributed by atoms with van der Waals surface area (Å²) >= 11 is 0. The maximum atomic E-state index is 11.9. The van der Waals surface area contributed by atoms with Crippen LogP contribution in [0.4, 0.5) is 0 Å². The zero-order chi connectivity index (χ0) is 13.6. The molecular weight excluding hydrogens is 250 g/mol. The Morgan fingerprint density at radius 3 is 2.56 bits per heavy atom. The van der Waals surface area contributed by atoms with Crippen LogP contribution < -0.4 is 4.72 Å². The monoisotopic (exact) mass is 267 g/mol. The first kappa shape index (κ1) is 14.6. The van der Waals surface area contributed by atoms with Crippen LogP contribution in [0.3, 0.4) is 0 Å². The molecule has 0 heterocycles. The number of nitriles is 1. The average Bonchev–Trinajstić information content (AvgIpc) is 2.36. The molecule has 0 aliphatic carbocycles. The van der Waals surface area contributed by atoms with Crippen molar-refractivity contribution in [1.82, 2.24) is 9.03 Å². The van der Waals surface area contributed by atoms with Crippen molar-refractivity contribution in [2.75, 3.05) is 13.6 Å². The summed E-state index contributed by atoms with van der Waals surface area (Å²) in [4.78, 5) is 0. The van der Waals surface area contributed by atoms with Crippen molar-refractivity contribution in [3.8, 4) is 6.07 Å². The van der Waals surface area contributed by atoms with Gasteiger partial charge in [-0.15, -0.1) is 0 Å². The molecule has 1 rings (SSSR count). The van der Waals surface area contributed by atoms with Gasteiger partial charge in [0.1, 0.15) is 0 Å². The van der Waals surface area contributed by atoms with E-state index < -0.39 is 10.2 Å². The highest BCUT2D eigenvalue weighted by atomic mass is 32.2. The lowest BCUT2D eigenvalue weighted by atomic mass is 10.1. The highest BCUT2D eigenvalue weighted by molar-refractivity contribution is 7.87. The summed E-state index contributed by atoms with van der Waals surface area (Å²) in [5.74, 6) is 0. The van der Waals surface area contributed by atoms with Crippen molar-refractivity contribution >= 4 is 10.2 Å². The van der Waals surface area contributed by atoms with Gasteiger partial charge in [-0.2, -0.15) is 22.7 Å². The minimum Gasteiger partial charge on any atom is -0.198 e. The van der Waals surface area contributed by atoms with E-state index in [1.54, 1.807) is 6.92 Å². The lowest BCUT2D eigenvalue weighted by Gasteiger charge is -2.20. The van der Waals surface area contributed by atoms with Crippen molar-refractivity contribution in [3.05, 3.63) is 35.9 Å². The number of hydrogen-bond donors (Lipinski definition) is 1. The van der Waals surface area contributed by atoms with E-state index >= 15 is 0 Å². The Balaban J connectivity index is 2.69. The molecule has 0 radical (unpaired) electrons. The Bertz CT molecular complexity index is 508. The van der Waals surface area contributed by atoms with E-state index in [0.29, 0.717) is 0 Å². The van der Waals surface area contributed by atoms with Crippen LogP contribution in [0.15, 0.2) is 30.3 Å². The molecule has 0 unspecified atom stereocenters. The lowest BCUT2D eigenvalue weighted by molar-refractivity contribution is 0.456. The maximum Gasteiger partial charge on any atom is 0.279 e. The quantitative estimate of drug-likeness (QED) is 0.847. The van der Waals surface area contributed by atoms with Crippen molar-refractivity contribution in [2.45, 2.75) is 19.4 Å². The third-order valence-corrected chi connectivity index (χ3v) is 4.23. The summed E-state index contributed by atoms with van der Waals surface area (Å²) in [6.07, 6.45) is 0.178. The highest BCUT2D eigenvalue weighted by Gasteiger charge is 2.20. The first-order valence-electron chi connectivity index (χ1n) is 5.63. The largest absolute Gasteiger partial charge is 0.279 e. The van der Waals surface area contributed by atoms with Crippen LogP contribution in [-0.4, -0.2) is 26.3 Å². The molecule has 0 aliphatic rings. The molecule has 1 aromatic rings. The van der Waals surface area contributed by atoms with E-state index in [4.69, 9.17) is 5.26 Å². The fourth-order valence-electron chi connectivity index (χ4n) is 1.45. The molecular formula is C12H17N3O2S. The van der Waals surface area contributed by atoms with Gasteiger partial charge in [0.25, 0.3) is 10.2 Å². The number of hydrogen-bond acceptors (Lipinski definition) is 3. The van der Waals surface area contributed by atoms with Crippen LogP contribution in [0.25, 0.3) is 0 Å². The van der Waals surface area contributed by atoms with E-state index in [1.165, 1.54) is 7.05 Å². The second kappa shape index (κ2) is 6.50. The molecule has 0 bridgehead atoms. The highest BCUT2D eigenvalue weighted by Crippen LogP contribution is 2.13. The van der Waals surface area contributed by atoms with Gasteiger partial charge in [-0.25, -0.2) is 0 Å². The summed E-state index contributed by atoms with van der Waals surface area (Å²) in [5, 5.41) is 8.45. The van der Waals surface area contributed by atoms with Gasteiger partial charge in [-0.3, -0.25) is 0 Å². The molecule has 1 atom stereocenters. The van der Waals surface area contributed by atoms with E-state index in [-0.39, 0.29) is 19.0 Å². The molecule has 98 valence electrons. The second-order valence-electron chi connectivity index (χ2n) is 3.98. The number of benzene rings is 1. The van der Waals surface area contributed by atoms with Crippen LogP contribution in [0.1, 0.15) is 24.9 Å². The average molecular weight is 267 g/mol. The van der Waals surface area contributed by atoms with Gasteiger partial charge in [-0.1, -0.05) is 30.3 Å². The first-order chi connectivity index (χ1) is 8.47. The zero-order valence-corrected chi connectivity index (χ0v) is 11.3. The van der Waals surface area contributed by atoms with Crippen LogP contribution in [-0.2, 0) is 10.2 Å². The van der Waals surface area contributed by atoms with Gasteiger partial charge in [0, 0.05) is 26.1 Å². The summed E-state index contributed by atoms with van der Waals surface area (Å²) in [6, 6.07) is 10.9. The number of rotatable bonds is 6. The van der Waals surface area contributed by atoms with Gasteiger partial charge in [0.2, 0.25) is 0 Å². The topological polar surface area (TPSA) is 73.2 Å². The van der Waals surface area contributed by atoms with E-state index in [9.17, 15) is 8.42 Å². The molecule has 5 nitrogen and oxygen atoms in total. The van der Waals surface area contributed by atoms with Gasteiger partial charge >= 0.3 is 0 Å². The summed E-state index contributed by atoms with van der Waals surface area (Å²) in [6.45, 7) is 1.97. The minimum absolute atomic E-state index is 0.178. The van der Waals surface area contributed by atoms with E-state index in [2.05, 4.69) is 4.72 Å². The molecule has 0 amide bonds. The van der Waals surface area contributed by atoms with Crippen LogP contribution in [0.5, 0.6) is 0 Å². The van der Waals surface area contributed by atoms with Crippen molar-refractivity contribution < 1.29 is 8.42 Å². The molecule has 0 fully saturated rings. The smallest absolute Gasteiger partial charge is 0.198 e. The number of nitrogens with one attached hydrogen (secondary N) is 1. The molecule has 0 spiro atoms. The third-order valence-electron chi connectivity index (χ3n) is 2.57. The van der Waals surface area contributed by atoms with Crippen LogP contribution >= 0.6 is 0 Å². The molecule has 0 aliphatic heterocycles. The first-order valence-corrected chi connectivity index (χ1v) is 7.07. The molecule has 6 heteroatoms. The molecule has 0 saturated carbocycles. The third kappa shape index (κ3) is 4.11. The molecule has 0 aromatic heterocycles. The predicted molar refractivity (Wildman–Crippen MR) is 69.8 cm³/mol. The van der Waals surface area contributed by atoms with Crippen LogP contribution in [0, 0.1) is 11.3 Å². The minimum atomic E-state index is -3.55. The molecule has 1 aromatic carbocycles. The Kier molecular flexibility index (Phi) is 5.28. The van der Waals surface area contributed by atoms with Crippen molar-refractivity contribution in [1.29, 1.82) is 5.26 Å².